The topological polar surface area (TPSA) is 65.0 Å². The van der Waals surface area contributed by atoms with Crippen molar-refractivity contribution in [3.63, 3.8) is 0 Å². The fourth-order valence-electron chi connectivity index (χ4n) is 1.19. The zero-order valence-corrected chi connectivity index (χ0v) is 10.6. The van der Waals surface area contributed by atoms with E-state index in [-0.39, 0.29) is 0 Å². The highest BCUT2D eigenvalue weighted by Crippen LogP contribution is 1.85. The molecule has 98 valence electrons. The Labute approximate surface area is 98.4 Å². The van der Waals surface area contributed by atoms with Gasteiger partial charge in [0.25, 0.3) is 0 Å². The fraction of sp³-hybridized carbons (Fsp3) is 1.00. The SMILES string of the molecule is CC(O)COCC(C)O.CN1CCNCC1. The number of hydrogen-bond donors (Lipinski definition) is 3. The third-order valence-electron chi connectivity index (χ3n) is 2.06. The van der Waals surface area contributed by atoms with Crippen LogP contribution in [0.5, 0.6) is 0 Å². The van der Waals surface area contributed by atoms with Gasteiger partial charge in [-0.05, 0) is 20.9 Å². The van der Waals surface area contributed by atoms with E-state index >= 15 is 0 Å². The molecule has 1 aliphatic rings. The summed E-state index contributed by atoms with van der Waals surface area (Å²) in [6.45, 7) is 8.62. The monoisotopic (exact) mass is 234 g/mol. The minimum atomic E-state index is -0.441. The lowest BCUT2D eigenvalue weighted by molar-refractivity contribution is 0.00392. The van der Waals surface area contributed by atoms with E-state index in [1.807, 2.05) is 0 Å². The molecule has 2 atom stereocenters. The molecular formula is C11H26N2O3. The summed E-state index contributed by atoms with van der Waals surface area (Å²) in [7, 11) is 2.15. The molecule has 0 aliphatic carbocycles. The summed E-state index contributed by atoms with van der Waals surface area (Å²) in [6.07, 6.45) is -0.882. The average Bonchev–Trinajstić information content (AvgIpc) is 2.18. The zero-order chi connectivity index (χ0) is 12.4. The molecule has 0 spiro atoms. The molecule has 0 saturated carbocycles. The Morgan fingerprint density at radius 1 is 1.12 bits per heavy atom. The zero-order valence-electron chi connectivity index (χ0n) is 10.6. The molecule has 1 aliphatic heterocycles. The first kappa shape index (κ1) is 15.8. The van der Waals surface area contributed by atoms with Gasteiger partial charge in [-0.3, -0.25) is 0 Å². The number of ether oxygens (including phenoxy) is 1. The number of rotatable bonds is 4. The van der Waals surface area contributed by atoms with Crippen LogP contribution in [0.15, 0.2) is 0 Å². The van der Waals surface area contributed by atoms with E-state index in [4.69, 9.17) is 14.9 Å². The first-order valence-corrected chi connectivity index (χ1v) is 5.85. The van der Waals surface area contributed by atoms with Gasteiger partial charge in [-0.2, -0.15) is 0 Å². The molecule has 1 saturated heterocycles. The van der Waals surface area contributed by atoms with E-state index in [1.54, 1.807) is 13.8 Å². The van der Waals surface area contributed by atoms with Gasteiger partial charge in [-0.15, -0.1) is 0 Å². The van der Waals surface area contributed by atoms with Crippen molar-refractivity contribution < 1.29 is 14.9 Å². The Bertz CT molecular complexity index is 140. The van der Waals surface area contributed by atoms with Crippen LogP contribution in [0.4, 0.5) is 0 Å². The molecule has 0 aromatic rings. The molecule has 0 aromatic carbocycles. The Hall–Kier alpha value is -0.200. The van der Waals surface area contributed by atoms with Crippen LogP contribution >= 0.6 is 0 Å². The van der Waals surface area contributed by atoms with Crippen molar-refractivity contribution in [3.8, 4) is 0 Å². The summed E-state index contributed by atoms with van der Waals surface area (Å²) in [6, 6.07) is 0. The minimum absolute atomic E-state index is 0.297. The number of hydrogen-bond acceptors (Lipinski definition) is 5. The van der Waals surface area contributed by atoms with Crippen molar-refractivity contribution in [3.05, 3.63) is 0 Å². The molecule has 1 heterocycles. The van der Waals surface area contributed by atoms with E-state index < -0.39 is 12.2 Å². The predicted octanol–water partition coefficient (Wildman–Crippen LogP) is -0.714. The van der Waals surface area contributed by atoms with Gasteiger partial charge in [0.1, 0.15) is 0 Å². The number of piperazine rings is 1. The number of nitrogens with zero attached hydrogens (tertiary/aromatic N) is 1. The maximum absolute atomic E-state index is 8.66. The van der Waals surface area contributed by atoms with Gasteiger partial charge in [0, 0.05) is 26.2 Å². The molecule has 5 nitrogen and oxygen atoms in total. The standard InChI is InChI=1S/C6H14O3.C5H12N2/c1-5(7)3-9-4-6(2)8;1-7-4-2-6-3-5-7/h5-8H,3-4H2,1-2H3;6H,2-5H2,1H3. The third-order valence-corrected chi connectivity index (χ3v) is 2.06. The van der Waals surface area contributed by atoms with Crippen molar-refractivity contribution in [1.82, 2.24) is 10.2 Å². The van der Waals surface area contributed by atoms with E-state index in [0.29, 0.717) is 13.2 Å². The summed E-state index contributed by atoms with van der Waals surface area (Å²) in [5.74, 6) is 0. The molecule has 1 fully saturated rings. The average molecular weight is 234 g/mol. The Morgan fingerprint density at radius 2 is 1.56 bits per heavy atom. The lowest BCUT2D eigenvalue weighted by atomic mass is 10.4. The van der Waals surface area contributed by atoms with Gasteiger partial charge in [0.05, 0.1) is 25.4 Å². The Balaban J connectivity index is 0.000000288. The first-order valence-electron chi connectivity index (χ1n) is 5.85. The molecule has 3 N–H and O–H groups in total. The fourth-order valence-corrected chi connectivity index (χ4v) is 1.19. The maximum atomic E-state index is 8.66. The van der Waals surface area contributed by atoms with Gasteiger partial charge in [0.15, 0.2) is 0 Å². The predicted molar refractivity (Wildman–Crippen MR) is 64.5 cm³/mol. The van der Waals surface area contributed by atoms with Crippen molar-refractivity contribution in [2.75, 3.05) is 46.4 Å². The van der Waals surface area contributed by atoms with Crippen molar-refractivity contribution >= 4 is 0 Å². The van der Waals surface area contributed by atoms with Gasteiger partial charge in [0.2, 0.25) is 0 Å². The van der Waals surface area contributed by atoms with E-state index in [9.17, 15) is 0 Å². The summed E-state index contributed by atoms with van der Waals surface area (Å²) in [4.78, 5) is 2.33. The van der Waals surface area contributed by atoms with Crippen LogP contribution in [0.25, 0.3) is 0 Å². The van der Waals surface area contributed by atoms with Crippen LogP contribution in [0.1, 0.15) is 13.8 Å². The lowest BCUT2D eigenvalue weighted by Crippen LogP contribution is -2.40. The highest BCUT2D eigenvalue weighted by Gasteiger charge is 2.01. The molecule has 16 heavy (non-hydrogen) atoms. The largest absolute Gasteiger partial charge is 0.391 e. The molecule has 5 heteroatoms. The molecular weight excluding hydrogens is 208 g/mol. The summed E-state index contributed by atoms with van der Waals surface area (Å²) in [5.41, 5.74) is 0. The lowest BCUT2D eigenvalue weighted by Gasteiger charge is -2.21. The molecule has 2 unspecified atom stereocenters. The van der Waals surface area contributed by atoms with Gasteiger partial charge >= 0.3 is 0 Å². The summed E-state index contributed by atoms with van der Waals surface area (Å²) < 4.78 is 4.86. The molecule has 0 amide bonds. The quantitative estimate of drug-likeness (QED) is 0.599. The van der Waals surface area contributed by atoms with E-state index in [2.05, 4.69) is 17.3 Å². The van der Waals surface area contributed by atoms with Gasteiger partial charge in [-0.1, -0.05) is 0 Å². The highest BCUT2D eigenvalue weighted by molar-refractivity contribution is 4.62. The number of aliphatic hydroxyl groups excluding tert-OH is 2. The Morgan fingerprint density at radius 3 is 1.81 bits per heavy atom. The second-order valence-electron chi connectivity index (χ2n) is 4.29. The van der Waals surface area contributed by atoms with Gasteiger partial charge in [-0.25, -0.2) is 0 Å². The molecule has 1 rings (SSSR count). The van der Waals surface area contributed by atoms with Crippen LogP contribution in [-0.2, 0) is 4.74 Å². The second kappa shape index (κ2) is 9.99. The van der Waals surface area contributed by atoms with Crippen molar-refractivity contribution in [2.45, 2.75) is 26.1 Å². The smallest absolute Gasteiger partial charge is 0.0745 e. The maximum Gasteiger partial charge on any atom is 0.0745 e. The first-order chi connectivity index (χ1) is 7.52. The molecule has 0 bridgehead atoms. The van der Waals surface area contributed by atoms with E-state index in [1.165, 1.54) is 13.1 Å². The summed E-state index contributed by atoms with van der Waals surface area (Å²) in [5, 5.41) is 20.6. The van der Waals surface area contributed by atoms with Crippen LogP contribution in [0.2, 0.25) is 0 Å². The number of nitrogens with one attached hydrogen (secondary N) is 1. The van der Waals surface area contributed by atoms with Crippen LogP contribution < -0.4 is 5.32 Å². The third kappa shape index (κ3) is 11.9. The number of likely N-dealkylation sites (N-methyl/N-ethyl adjacent to an activating group) is 1. The van der Waals surface area contributed by atoms with Crippen LogP contribution in [-0.4, -0.2) is 73.8 Å². The van der Waals surface area contributed by atoms with Crippen LogP contribution in [0.3, 0.4) is 0 Å². The van der Waals surface area contributed by atoms with Crippen molar-refractivity contribution in [1.29, 1.82) is 0 Å². The highest BCUT2D eigenvalue weighted by atomic mass is 16.5. The summed E-state index contributed by atoms with van der Waals surface area (Å²) >= 11 is 0. The van der Waals surface area contributed by atoms with Gasteiger partial charge < -0.3 is 25.2 Å². The second-order valence-corrected chi connectivity index (χ2v) is 4.29. The van der Waals surface area contributed by atoms with E-state index in [0.717, 1.165) is 13.1 Å². The van der Waals surface area contributed by atoms with Crippen molar-refractivity contribution in [2.24, 2.45) is 0 Å². The molecule has 0 radical (unpaired) electrons. The normalized spacial score (nSPS) is 20.8. The molecule has 0 aromatic heterocycles. The number of aliphatic hydroxyl groups is 2. The minimum Gasteiger partial charge on any atom is -0.391 e. The Kier molecular flexibility index (Phi) is 9.86. The van der Waals surface area contributed by atoms with Crippen LogP contribution in [0, 0.1) is 0 Å².